The monoisotopic (exact) mass is 527 g/mol. The molecule has 9 heteroatoms. The van der Waals surface area contributed by atoms with Gasteiger partial charge in [0.05, 0.1) is 34.4 Å². The number of rotatable bonds is 23. The van der Waals surface area contributed by atoms with Crippen LogP contribution in [0.3, 0.4) is 0 Å². The number of phosphoric ester groups is 1. The molecule has 1 N–H and O–H groups in total. The molecule has 0 aliphatic rings. The number of phosphoric acid groups is 1. The normalized spacial score (nSPS) is 35.1. The van der Waals surface area contributed by atoms with Crippen molar-refractivity contribution in [2.45, 2.75) is 102 Å². The Hall–Kier alpha value is -0.500. The molecule has 0 aromatic carbocycles. The summed E-state index contributed by atoms with van der Waals surface area (Å²) >= 11 is 0. The second kappa shape index (κ2) is 19.8. The molecule has 0 fully saturated rings. The molecule has 0 aliphatic carbocycles. The van der Waals surface area contributed by atoms with Crippen LogP contribution in [0.2, 0.25) is 0 Å². The van der Waals surface area contributed by atoms with Gasteiger partial charge in [-0.1, -0.05) is 83.3 Å². The highest BCUT2D eigenvalue weighted by Crippen LogP contribution is 2.38. The number of hydrogen-bond acceptors (Lipinski definition) is 7. The fraction of sp³-hybridized carbons (Fsp3) is 0.958. The lowest BCUT2D eigenvalue weighted by molar-refractivity contribution is -0.870. The molecule has 0 aromatic heterocycles. The van der Waals surface area contributed by atoms with Crippen LogP contribution in [0.4, 0.5) is 0 Å². The molecule has 0 aliphatic heterocycles. The quantitative estimate of drug-likeness (QED) is 0.118. The molecular formula is C24H50NO7P. The summed E-state index contributed by atoms with van der Waals surface area (Å²) in [6.45, 7) is -7.23. The van der Waals surface area contributed by atoms with Gasteiger partial charge in [-0.25, -0.2) is 0 Å². The van der Waals surface area contributed by atoms with Crippen LogP contribution in [-0.4, -0.2) is 69.2 Å². The predicted octanol–water partition coefficient (Wildman–Crippen LogP) is 4.58. The lowest BCUT2D eigenvalue weighted by atomic mass is 10.0. The molecule has 8 nitrogen and oxygen atoms in total. The van der Waals surface area contributed by atoms with E-state index < -0.39 is 136 Å². The summed E-state index contributed by atoms with van der Waals surface area (Å²) in [7, 11) is -0.240. The second-order valence-corrected chi connectivity index (χ2v) is 7.96. The van der Waals surface area contributed by atoms with E-state index in [2.05, 4.69) is 13.8 Å². The number of esters is 1. The van der Waals surface area contributed by atoms with Gasteiger partial charge in [-0.05, 0) is 6.37 Å². The van der Waals surface area contributed by atoms with Gasteiger partial charge in [0.25, 0.3) is 7.82 Å². The van der Waals surface area contributed by atoms with Crippen LogP contribution in [0.1, 0.15) is 139 Å². The molecule has 1 unspecified atom stereocenters. The van der Waals surface area contributed by atoms with E-state index in [0.29, 0.717) is 0 Å². The highest BCUT2D eigenvalue weighted by Gasteiger charge is 2.19. The topological polar surface area (TPSA) is 105 Å². The summed E-state index contributed by atoms with van der Waals surface area (Å²) in [6, 6.07) is 0. The van der Waals surface area contributed by atoms with Crippen molar-refractivity contribution in [3.8, 4) is 0 Å². The number of aliphatic hydroxyl groups is 1. The zero-order valence-corrected chi connectivity index (χ0v) is 19.1. The molecule has 2 atom stereocenters. The highest BCUT2D eigenvalue weighted by molar-refractivity contribution is 7.45. The standard InChI is InChI=1S/C24H50NO7P/c1-5-6-7-8-9-10-11-12-13-14-15-16-17-18-24(27)32-23(21-26)22-31-33(28,29)30-20-19-25(2,3)4/h23,26H,5-22H2,1-4H3/t23-/m1/s1/i1D3,5D2,6D2,7D2,8D2,9D2,10D2,11D2,12D2,13D2,14D2,15D2,16D2,17D2,18D2. The zero-order valence-electron chi connectivity index (χ0n) is 49.2. The van der Waals surface area contributed by atoms with Gasteiger partial charge in [-0.2, -0.15) is 0 Å². The van der Waals surface area contributed by atoms with E-state index in [4.69, 9.17) is 42.5 Å². The molecule has 33 heavy (non-hydrogen) atoms. The van der Waals surface area contributed by atoms with E-state index in [0.717, 1.165) is 0 Å². The van der Waals surface area contributed by atoms with Crippen LogP contribution in [0.15, 0.2) is 0 Å². The number of likely N-dealkylation sites (N-methyl/N-ethyl adjacent to an activating group) is 1. The van der Waals surface area contributed by atoms with Gasteiger partial charge in [0.1, 0.15) is 19.3 Å². The molecule has 0 saturated heterocycles. The molecule has 0 spiro atoms. The minimum Gasteiger partial charge on any atom is -0.756 e. The Balaban J connectivity index is 7.26. The first-order valence-electron chi connectivity index (χ1n) is 24.5. The summed E-state index contributed by atoms with van der Waals surface area (Å²) in [6.07, 6.45) is -72.0. The van der Waals surface area contributed by atoms with Gasteiger partial charge in [-0.15, -0.1) is 0 Å². The minimum atomic E-state index is -5.23. The third-order valence-corrected chi connectivity index (χ3v) is 3.79. The molecule has 0 radical (unpaired) electrons. The average molecular weight is 527 g/mol. The molecule has 0 heterocycles. The number of carbonyl (C=O) groups is 1. The summed E-state index contributed by atoms with van der Waals surface area (Å²) in [5.74, 6) is -2.57. The Morgan fingerprint density at radius 1 is 0.970 bits per heavy atom. The summed E-state index contributed by atoms with van der Waals surface area (Å²) in [5.41, 5.74) is 0. The Kier molecular flexibility index (Phi) is 4.95. The van der Waals surface area contributed by atoms with Crippen LogP contribution in [0.25, 0.3) is 0 Å². The number of carbonyl (C=O) groups excluding carboxylic acids is 1. The van der Waals surface area contributed by atoms with Crippen LogP contribution < -0.4 is 4.89 Å². The fourth-order valence-electron chi connectivity index (χ4n) is 1.37. The van der Waals surface area contributed by atoms with E-state index in [1.165, 1.54) is 0 Å². The molecule has 0 bridgehead atoms. The Morgan fingerprint density at radius 3 is 1.97 bits per heavy atom. The third kappa shape index (κ3) is 23.0. The first kappa shape index (κ1) is 8.26. The predicted molar refractivity (Wildman–Crippen MR) is 130 cm³/mol. The molecule has 0 amide bonds. The first-order valence-corrected chi connectivity index (χ1v) is 10.5. The van der Waals surface area contributed by atoms with E-state index in [-0.39, 0.29) is 11.0 Å². The Labute approximate surface area is 245 Å². The fourth-order valence-corrected chi connectivity index (χ4v) is 2.10. The zero-order chi connectivity index (χ0) is 52.6. The van der Waals surface area contributed by atoms with Crippen molar-refractivity contribution in [3.05, 3.63) is 0 Å². The van der Waals surface area contributed by atoms with Crippen molar-refractivity contribution in [2.75, 3.05) is 47.5 Å². The minimum absolute atomic E-state index is 0.113. The van der Waals surface area contributed by atoms with Crippen LogP contribution >= 0.6 is 7.82 Å². The number of aliphatic hydroxyl groups excluding tert-OH is 1. The number of quaternary nitrogens is 1. The van der Waals surface area contributed by atoms with Crippen molar-refractivity contribution in [2.24, 2.45) is 0 Å². The van der Waals surface area contributed by atoms with Gasteiger partial charge in [0, 0.05) is 48.9 Å². The van der Waals surface area contributed by atoms with Crippen LogP contribution in [0.5, 0.6) is 0 Å². The van der Waals surface area contributed by atoms with E-state index in [9.17, 15) is 19.4 Å². The second-order valence-electron chi connectivity index (χ2n) is 6.55. The summed E-state index contributed by atoms with van der Waals surface area (Å²) in [5, 5.41) is 9.60. The van der Waals surface area contributed by atoms with Gasteiger partial charge >= 0.3 is 5.97 Å². The molecular weight excluding hydrogens is 445 g/mol. The van der Waals surface area contributed by atoms with Crippen LogP contribution in [-0.2, 0) is 23.1 Å². The molecule has 0 aromatic rings. The smallest absolute Gasteiger partial charge is 0.306 e. The van der Waals surface area contributed by atoms with Gasteiger partial charge in [0.15, 0.2) is 0 Å². The largest absolute Gasteiger partial charge is 0.756 e. The lowest BCUT2D eigenvalue weighted by Gasteiger charge is -2.28. The SMILES string of the molecule is [2H]C([2H])([2H])C([2H])([2H])C([2H])([2H])C([2H])([2H])C([2H])([2H])C([2H])([2H])C([2H])([2H])C([2H])([2H])C([2H])([2H])C([2H])([2H])C([2H])([2H])C([2H])([2H])C([2H])([2H])C([2H])([2H])C([2H])([2H])C(=O)O[C@H](CO)COP(=O)([O-])OCC[N+](C)(C)C. The van der Waals surface area contributed by atoms with Gasteiger partial charge < -0.3 is 28.3 Å². The van der Waals surface area contributed by atoms with E-state index >= 15 is 0 Å². The van der Waals surface area contributed by atoms with Crippen LogP contribution in [0, 0.1) is 0 Å². The number of nitrogens with zero attached hydrogens (tertiary/aromatic N) is 1. The van der Waals surface area contributed by atoms with E-state index in [1.54, 1.807) is 21.1 Å². The maximum absolute atomic E-state index is 13.0. The van der Waals surface area contributed by atoms with Crippen molar-refractivity contribution in [3.63, 3.8) is 0 Å². The summed E-state index contributed by atoms with van der Waals surface area (Å²) in [4.78, 5) is 25.1. The third-order valence-electron chi connectivity index (χ3n) is 2.82. The van der Waals surface area contributed by atoms with Crippen molar-refractivity contribution >= 4 is 13.8 Å². The maximum atomic E-state index is 13.0. The van der Waals surface area contributed by atoms with Gasteiger partial charge in [-0.3, -0.25) is 9.36 Å². The average Bonchev–Trinajstić information content (AvgIpc) is 3.07. The van der Waals surface area contributed by atoms with Gasteiger partial charge in [0.2, 0.25) is 0 Å². The Morgan fingerprint density at radius 2 is 1.48 bits per heavy atom. The first-order chi connectivity index (χ1) is 27.3. The Bertz CT molecular complexity index is 1710. The van der Waals surface area contributed by atoms with Crippen molar-refractivity contribution < 1.29 is 80.1 Å². The number of hydrogen-bond donors (Lipinski definition) is 1. The maximum Gasteiger partial charge on any atom is 0.306 e. The van der Waals surface area contributed by atoms with Crippen molar-refractivity contribution in [1.29, 1.82) is 0 Å². The highest BCUT2D eigenvalue weighted by atomic mass is 31.2. The van der Waals surface area contributed by atoms with E-state index in [1.807, 2.05) is 0 Å². The molecule has 0 saturated carbocycles. The molecule has 0 rings (SSSR count). The number of ether oxygens (including phenoxy) is 1. The lowest BCUT2D eigenvalue weighted by Crippen LogP contribution is -2.37. The van der Waals surface area contributed by atoms with Crippen molar-refractivity contribution in [1.82, 2.24) is 0 Å². The summed E-state index contributed by atoms with van der Waals surface area (Å²) < 4.78 is 276. The molecule has 198 valence electrons.